The first-order chi connectivity index (χ1) is 15.3. The van der Waals surface area contributed by atoms with E-state index in [0.717, 1.165) is 5.56 Å². The van der Waals surface area contributed by atoms with Gasteiger partial charge in [0, 0.05) is 0 Å². The fourth-order valence-corrected chi connectivity index (χ4v) is 3.42. The quantitative estimate of drug-likeness (QED) is 0.309. The Balaban J connectivity index is 2.08. The molecule has 0 saturated carbocycles. The summed E-state index contributed by atoms with van der Waals surface area (Å²) < 4.78 is 94.8. The van der Waals surface area contributed by atoms with E-state index in [1.807, 2.05) is 26.0 Å². The van der Waals surface area contributed by atoms with Crippen LogP contribution in [0.25, 0.3) is 11.1 Å². The average Bonchev–Trinajstić information content (AvgIpc) is 2.74. The molecule has 0 heterocycles. The smallest absolute Gasteiger partial charge is 0.317 e. The van der Waals surface area contributed by atoms with Gasteiger partial charge in [-0.1, -0.05) is 56.3 Å². The van der Waals surface area contributed by atoms with Crippen LogP contribution in [0, 0.1) is 30.2 Å². The zero-order chi connectivity index (χ0) is 24.7. The molecule has 0 radical (unpaired) electrons. The minimum Gasteiger partial charge on any atom is -0.317 e. The number of aryl methyl sites for hydroxylation is 1. The number of alkyl halides is 3. The standard InChI is InChI=1S/C24H18F7NO/c1-11(2)13-7-9-14(10-8-13)15-6-4-5-12(3)16(15)23(33)32-22-20(27)18(25)17(24(29,30)31)19(26)21(22)28/h4-11H,1-3H3,(H,32,33). The van der Waals surface area contributed by atoms with Crippen LogP contribution in [0.15, 0.2) is 42.5 Å². The molecule has 0 saturated heterocycles. The highest BCUT2D eigenvalue weighted by Crippen LogP contribution is 2.39. The number of hydrogen-bond donors (Lipinski definition) is 1. The Morgan fingerprint density at radius 3 is 1.88 bits per heavy atom. The lowest BCUT2D eigenvalue weighted by Gasteiger charge is -2.17. The number of benzene rings is 3. The Bertz CT molecular complexity index is 1190. The highest BCUT2D eigenvalue weighted by atomic mass is 19.4. The summed E-state index contributed by atoms with van der Waals surface area (Å²) in [4.78, 5) is 12.9. The van der Waals surface area contributed by atoms with Crippen molar-refractivity contribution in [2.75, 3.05) is 5.32 Å². The monoisotopic (exact) mass is 469 g/mol. The van der Waals surface area contributed by atoms with Gasteiger partial charge < -0.3 is 5.32 Å². The van der Waals surface area contributed by atoms with Gasteiger partial charge in [0.25, 0.3) is 5.91 Å². The molecule has 3 aromatic rings. The topological polar surface area (TPSA) is 29.1 Å². The molecule has 3 rings (SSSR count). The van der Waals surface area contributed by atoms with Crippen LogP contribution in [0.3, 0.4) is 0 Å². The van der Waals surface area contributed by atoms with Gasteiger partial charge in [0.1, 0.15) is 11.3 Å². The van der Waals surface area contributed by atoms with E-state index in [4.69, 9.17) is 0 Å². The Labute approximate surface area is 185 Å². The van der Waals surface area contributed by atoms with Gasteiger partial charge in [-0.05, 0) is 35.1 Å². The van der Waals surface area contributed by atoms with Gasteiger partial charge in [-0.3, -0.25) is 4.79 Å². The van der Waals surface area contributed by atoms with Gasteiger partial charge in [0.2, 0.25) is 0 Å². The van der Waals surface area contributed by atoms with Crippen molar-refractivity contribution in [2.45, 2.75) is 32.9 Å². The van der Waals surface area contributed by atoms with Gasteiger partial charge in [-0.25, -0.2) is 17.6 Å². The number of anilines is 1. The Hall–Kier alpha value is -3.36. The van der Waals surface area contributed by atoms with Crippen LogP contribution in [0.5, 0.6) is 0 Å². The van der Waals surface area contributed by atoms with Gasteiger partial charge in [0.05, 0.1) is 5.56 Å². The van der Waals surface area contributed by atoms with E-state index in [2.05, 4.69) is 0 Å². The van der Waals surface area contributed by atoms with E-state index in [1.54, 1.807) is 29.6 Å². The normalized spacial score (nSPS) is 11.7. The molecule has 9 heteroatoms. The van der Waals surface area contributed by atoms with E-state index < -0.39 is 46.6 Å². The molecule has 0 atom stereocenters. The summed E-state index contributed by atoms with van der Waals surface area (Å²) in [5, 5.41) is 1.70. The molecule has 3 aromatic carbocycles. The molecule has 0 spiro atoms. The number of halogens is 7. The number of rotatable bonds is 4. The lowest BCUT2D eigenvalue weighted by molar-refractivity contribution is -0.143. The lowest BCUT2D eigenvalue weighted by Crippen LogP contribution is -2.21. The van der Waals surface area contributed by atoms with E-state index in [0.29, 0.717) is 16.7 Å². The SMILES string of the molecule is Cc1cccc(-c2ccc(C(C)C)cc2)c1C(=O)Nc1c(F)c(F)c(C(F)(F)F)c(F)c1F. The highest BCUT2D eigenvalue weighted by Gasteiger charge is 2.42. The predicted molar refractivity (Wildman–Crippen MR) is 110 cm³/mol. The maximum Gasteiger partial charge on any atom is 0.422 e. The van der Waals surface area contributed by atoms with Crippen molar-refractivity contribution in [1.29, 1.82) is 0 Å². The zero-order valence-electron chi connectivity index (χ0n) is 17.7. The maximum absolute atomic E-state index is 14.3. The molecule has 0 aliphatic rings. The molecule has 0 unspecified atom stereocenters. The molecule has 1 N–H and O–H groups in total. The number of nitrogens with one attached hydrogen (secondary N) is 1. The number of carbonyl (C=O) groups is 1. The average molecular weight is 469 g/mol. The number of hydrogen-bond acceptors (Lipinski definition) is 1. The lowest BCUT2D eigenvalue weighted by atomic mass is 9.93. The second-order valence-electron chi connectivity index (χ2n) is 7.73. The van der Waals surface area contributed by atoms with Crippen LogP contribution in [0.1, 0.15) is 46.8 Å². The summed E-state index contributed by atoms with van der Waals surface area (Å²) in [5.74, 6) is -10.9. The summed E-state index contributed by atoms with van der Waals surface area (Å²) in [6.07, 6.45) is -5.68. The van der Waals surface area contributed by atoms with Crippen molar-refractivity contribution < 1.29 is 35.5 Å². The number of carbonyl (C=O) groups excluding carboxylic acids is 1. The second kappa shape index (κ2) is 8.88. The first kappa shape index (κ1) is 24.3. The number of amides is 1. The molecular weight excluding hydrogens is 451 g/mol. The van der Waals surface area contributed by atoms with Crippen LogP contribution < -0.4 is 5.32 Å². The highest BCUT2D eigenvalue weighted by molar-refractivity contribution is 6.10. The van der Waals surface area contributed by atoms with E-state index >= 15 is 0 Å². The van der Waals surface area contributed by atoms with Gasteiger partial charge >= 0.3 is 6.18 Å². The fraction of sp³-hybridized carbons (Fsp3) is 0.208. The minimum absolute atomic E-state index is 0.0608. The maximum atomic E-state index is 14.3. The summed E-state index contributed by atoms with van der Waals surface area (Å²) in [7, 11) is 0. The molecule has 33 heavy (non-hydrogen) atoms. The second-order valence-corrected chi connectivity index (χ2v) is 7.73. The Morgan fingerprint density at radius 2 is 1.39 bits per heavy atom. The van der Waals surface area contributed by atoms with E-state index in [1.165, 1.54) is 13.0 Å². The van der Waals surface area contributed by atoms with E-state index in [9.17, 15) is 35.5 Å². The summed E-state index contributed by atoms with van der Waals surface area (Å²) in [6, 6.07) is 11.9. The molecule has 0 aliphatic carbocycles. The zero-order valence-corrected chi connectivity index (χ0v) is 17.7. The van der Waals surface area contributed by atoms with Crippen molar-refractivity contribution in [1.82, 2.24) is 0 Å². The van der Waals surface area contributed by atoms with Crippen molar-refractivity contribution in [3.63, 3.8) is 0 Å². The van der Waals surface area contributed by atoms with Crippen LogP contribution in [-0.4, -0.2) is 5.91 Å². The van der Waals surface area contributed by atoms with Crippen molar-refractivity contribution in [2.24, 2.45) is 0 Å². The van der Waals surface area contributed by atoms with Gasteiger partial charge in [0.15, 0.2) is 23.3 Å². The van der Waals surface area contributed by atoms with Crippen molar-refractivity contribution in [3.05, 3.63) is 88.0 Å². The summed E-state index contributed by atoms with van der Waals surface area (Å²) >= 11 is 0. The van der Waals surface area contributed by atoms with Crippen molar-refractivity contribution >= 4 is 11.6 Å². The summed E-state index contributed by atoms with van der Waals surface area (Å²) in [6.45, 7) is 5.51. The van der Waals surface area contributed by atoms with E-state index in [-0.39, 0.29) is 11.5 Å². The largest absolute Gasteiger partial charge is 0.422 e. The molecule has 174 valence electrons. The van der Waals surface area contributed by atoms with Crippen LogP contribution in [0.2, 0.25) is 0 Å². The molecule has 0 aromatic heterocycles. The Morgan fingerprint density at radius 1 is 0.848 bits per heavy atom. The van der Waals surface area contributed by atoms with Gasteiger partial charge in [-0.2, -0.15) is 13.2 Å². The van der Waals surface area contributed by atoms with Crippen LogP contribution >= 0.6 is 0 Å². The molecule has 0 aliphatic heterocycles. The molecule has 0 fully saturated rings. The molecule has 2 nitrogen and oxygen atoms in total. The summed E-state index contributed by atoms with van der Waals surface area (Å²) in [5.41, 5.74) is -2.08. The fourth-order valence-electron chi connectivity index (χ4n) is 3.42. The van der Waals surface area contributed by atoms with Crippen LogP contribution in [-0.2, 0) is 6.18 Å². The third kappa shape index (κ3) is 4.58. The van der Waals surface area contributed by atoms with Crippen LogP contribution in [0.4, 0.5) is 36.4 Å². The Kier molecular flexibility index (Phi) is 6.53. The molecule has 0 bridgehead atoms. The minimum atomic E-state index is -5.68. The molecule has 1 amide bonds. The van der Waals surface area contributed by atoms with Gasteiger partial charge in [-0.15, -0.1) is 0 Å². The third-order valence-corrected chi connectivity index (χ3v) is 5.17. The first-order valence-corrected chi connectivity index (χ1v) is 9.79. The first-order valence-electron chi connectivity index (χ1n) is 9.79. The predicted octanol–water partition coefficient (Wildman–Crippen LogP) is 7.61. The molecular formula is C24H18F7NO. The third-order valence-electron chi connectivity index (χ3n) is 5.17. The van der Waals surface area contributed by atoms with Crippen molar-refractivity contribution in [3.8, 4) is 11.1 Å².